The summed E-state index contributed by atoms with van der Waals surface area (Å²) < 4.78 is 5.54. The molecule has 0 saturated heterocycles. The van der Waals surface area contributed by atoms with Gasteiger partial charge in [-0.05, 0) is 24.6 Å². The zero-order valence-electron chi connectivity index (χ0n) is 11.0. The maximum atomic E-state index is 10.6. The summed E-state index contributed by atoms with van der Waals surface area (Å²) in [6.07, 6.45) is 7.96. The fourth-order valence-corrected chi connectivity index (χ4v) is 1.79. The molecular weight excluding hydrogens is 228 g/mol. The number of phenolic OH excluding ortho intramolecular Hbond substituents is 1. The molecule has 0 atom stereocenters. The molecule has 0 aromatic heterocycles. The Labute approximate surface area is 109 Å². The Bertz CT molecular complexity index is 361. The zero-order chi connectivity index (χ0) is 13.2. The van der Waals surface area contributed by atoms with Gasteiger partial charge in [0.1, 0.15) is 11.5 Å². The molecule has 0 unspecified atom stereocenters. The number of hydrogen-bond acceptors (Lipinski definition) is 3. The van der Waals surface area contributed by atoms with Gasteiger partial charge in [-0.15, -0.1) is 0 Å². The van der Waals surface area contributed by atoms with Crippen molar-refractivity contribution in [1.29, 1.82) is 0 Å². The Morgan fingerprint density at radius 2 is 1.89 bits per heavy atom. The molecule has 1 aromatic rings. The van der Waals surface area contributed by atoms with Crippen LogP contribution in [0, 0.1) is 0 Å². The van der Waals surface area contributed by atoms with E-state index in [1.54, 1.807) is 12.1 Å². The number of carbonyl (C=O) groups is 1. The molecular formula is C15H22O3. The second kappa shape index (κ2) is 8.56. The lowest BCUT2D eigenvalue weighted by Crippen LogP contribution is -1.98. The summed E-state index contributed by atoms with van der Waals surface area (Å²) in [6.45, 7) is 2.87. The van der Waals surface area contributed by atoms with Gasteiger partial charge in [-0.2, -0.15) is 0 Å². The Balaban J connectivity index is 2.21. The Kier molecular flexibility index (Phi) is 6.92. The van der Waals surface area contributed by atoms with E-state index in [9.17, 15) is 9.90 Å². The third kappa shape index (κ3) is 5.21. The standard InChI is InChI=1S/C15H22O3/c1-2-3-4-5-6-7-10-18-14-8-9-15(17)13(11-14)12-16/h8-9,11-12,17H,2-7,10H2,1H3. The van der Waals surface area contributed by atoms with Gasteiger partial charge in [-0.3, -0.25) is 4.79 Å². The van der Waals surface area contributed by atoms with E-state index < -0.39 is 0 Å². The largest absolute Gasteiger partial charge is 0.507 e. The molecule has 1 rings (SSSR count). The highest BCUT2D eigenvalue weighted by molar-refractivity contribution is 5.79. The predicted octanol–water partition coefficient (Wildman–Crippen LogP) is 3.94. The van der Waals surface area contributed by atoms with Crippen LogP contribution in [0.2, 0.25) is 0 Å². The van der Waals surface area contributed by atoms with Gasteiger partial charge in [-0.1, -0.05) is 39.0 Å². The summed E-state index contributed by atoms with van der Waals surface area (Å²) in [5.41, 5.74) is 0.274. The van der Waals surface area contributed by atoms with Gasteiger partial charge in [0.05, 0.1) is 12.2 Å². The minimum absolute atomic E-state index is 0.00286. The van der Waals surface area contributed by atoms with Crippen LogP contribution in [0.5, 0.6) is 11.5 Å². The van der Waals surface area contributed by atoms with E-state index >= 15 is 0 Å². The SMILES string of the molecule is CCCCCCCCOc1ccc(O)c(C=O)c1. The summed E-state index contributed by atoms with van der Waals surface area (Å²) in [7, 11) is 0. The molecule has 0 heterocycles. The molecule has 0 spiro atoms. The van der Waals surface area contributed by atoms with Crippen LogP contribution in [-0.2, 0) is 0 Å². The van der Waals surface area contributed by atoms with Gasteiger partial charge in [0.15, 0.2) is 6.29 Å². The van der Waals surface area contributed by atoms with Crippen molar-refractivity contribution >= 4 is 6.29 Å². The molecule has 0 aliphatic heterocycles. The molecule has 1 aromatic carbocycles. The number of ether oxygens (including phenoxy) is 1. The highest BCUT2D eigenvalue weighted by atomic mass is 16.5. The van der Waals surface area contributed by atoms with Crippen molar-refractivity contribution in [3.05, 3.63) is 23.8 Å². The van der Waals surface area contributed by atoms with E-state index in [2.05, 4.69) is 6.92 Å². The van der Waals surface area contributed by atoms with Crippen molar-refractivity contribution in [2.45, 2.75) is 45.4 Å². The van der Waals surface area contributed by atoms with Gasteiger partial charge in [0, 0.05) is 0 Å². The minimum atomic E-state index is -0.00286. The topological polar surface area (TPSA) is 46.5 Å². The van der Waals surface area contributed by atoms with Crippen LogP contribution in [0.4, 0.5) is 0 Å². The number of carbonyl (C=O) groups excluding carboxylic acids is 1. The summed E-state index contributed by atoms with van der Waals surface area (Å²) in [4.78, 5) is 10.6. The Hall–Kier alpha value is -1.51. The highest BCUT2D eigenvalue weighted by Gasteiger charge is 2.02. The van der Waals surface area contributed by atoms with Gasteiger partial charge in [-0.25, -0.2) is 0 Å². The maximum absolute atomic E-state index is 10.6. The van der Waals surface area contributed by atoms with Crippen molar-refractivity contribution < 1.29 is 14.6 Å². The van der Waals surface area contributed by atoms with E-state index in [0.717, 1.165) is 6.42 Å². The minimum Gasteiger partial charge on any atom is -0.507 e. The van der Waals surface area contributed by atoms with Crippen LogP contribution in [0.15, 0.2) is 18.2 Å². The molecule has 0 radical (unpaired) electrons. The second-order valence-corrected chi connectivity index (χ2v) is 4.45. The summed E-state index contributed by atoms with van der Waals surface area (Å²) in [5, 5.41) is 9.34. The summed E-state index contributed by atoms with van der Waals surface area (Å²) >= 11 is 0. The van der Waals surface area contributed by atoms with Gasteiger partial charge >= 0.3 is 0 Å². The number of hydrogen-bond donors (Lipinski definition) is 1. The third-order valence-electron chi connectivity index (χ3n) is 2.89. The van der Waals surface area contributed by atoms with E-state index in [1.807, 2.05) is 0 Å². The third-order valence-corrected chi connectivity index (χ3v) is 2.89. The van der Waals surface area contributed by atoms with Gasteiger partial charge in [0.25, 0.3) is 0 Å². The fourth-order valence-electron chi connectivity index (χ4n) is 1.79. The van der Waals surface area contributed by atoms with Gasteiger partial charge < -0.3 is 9.84 Å². The summed E-state index contributed by atoms with van der Waals surface area (Å²) in [6, 6.07) is 4.74. The summed E-state index contributed by atoms with van der Waals surface area (Å²) in [5.74, 6) is 0.639. The van der Waals surface area contributed by atoms with E-state index in [-0.39, 0.29) is 11.3 Å². The number of phenols is 1. The molecule has 18 heavy (non-hydrogen) atoms. The van der Waals surface area contributed by atoms with Crippen molar-refractivity contribution in [1.82, 2.24) is 0 Å². The lowest BCUT2D eigenvalue weighted by molar-refractivity contribution is 0.112. The number of aromatic hydroxyl groups is 1. The Morgan fingerprint density at radius 1 is 1.17 bits per heavy atom. The van der Waals surface area contributed by atoms with Crippen LogP contribution in [0.1, 0.15) is 55.8 Å². The molecule has 3 nitrogen and oxygen atoms in total. The van der Waals surface area contributed by atoms with Crippen LogP contribution >= 0.6 is 0 Å². The number of unbranched alkanes of at least 4 members (excludes halogenated alkanes) is 5. The first-order chi connectivity index (χ1) is 8.77. The first kappa shape index (κ1) is 14.6. The van der Waals surface area contributed by atoms with Crippen LogP contribution in [0.3, 0.4) is 0 Å². The molecule has 1 N–H and O–H groups in total. The van der Waals surface area contributed by atoms with Crippen LogP contribution < -0.4 is 4.74 Å². The predicted molar refractivity (Wildman–Crippen MR) is 72.4 cm³/mol. The quantitative estimate of drug-likeness (QED) is 0.533. The van der Waals surface area contributed by atoms with Gasteiger partial charge in [0.2, 0.25) is 0 Å². The normalized spacial score (nSPS) is 10.3. The Morgan fingerprint density at radius 3 is 2.61 bits per heavy atom. The first-order valence-corrected chi connectivity index (χ1v) is 6.69. The highest BCUT2D eigenvalue weighted by Crippen LogP contribution is 2.21. The van der Waals surface area contributed by atoms with Crippen LogP contribution in [0.25, 0.3) is 0 Å². The first-order valence-electron chi connectivity index (χ1n) is 6.69. The molecule has 0 saturated carbocycles. The number of benzene rings is 1. The molecule has 3 heteroatoms. The molecule has 0 fully saturated rings. The number of aldehydes is 1. The molecule has 0 bridgehead atoms. The van der Waals surface area contributed by atoms with Crippen molar-refractivity contribution in [2.24, 2.45) is 0 Å². The average Bonchev–Trinajstić information content (AvgIpc) is 2.39. The van der Waals surface area contributed by atoms with E-state index in [0.29, 0.717) is 18.6 Å². The molecule has 0 aliphatic rings. The monoisotopic (exact) mass is 250 g/mol. The smallest absolute Gasteiger partial charge is 0.153 e. The van der Waals surface area contributed by atoms with E-state index in [1.165, 1.54) is 38.2 Å². The molecule has 100 valence electrons. The van der Waals surface area contributed by atoms with Crippen molar-refractivity contribution in [3.63, 3.8) is 0 Å². The average molecular weight is 250 g/mol. The van der Waals surface area contributed by atoms with Crippen LogP contribution in [-0.4, -0.2) is 18.0 Å². The number of rotatable bonds is 9. The molecule has 0 amide bonds. The lowest BCUT2D eigenvalue weighted by Gasteiger charge is -2.07. The van der Waals surface area contributed by atoms with Crippen molar-refractivity contribution in [3.8, 4) is 11.5 Å². The van der Waals surface area contributed by atoms with Crippen molar-refractivity contribution in [2.75, 3.05) is 6.61 Å². The second-order valence-electron chi connectivity index (χ2n) is 4.45. The molecule has 0 aliphatic carbocycles. The lowest BCUT2D eigenvalue weighted by atomic mass is 10.1. The van der Waals surface area contributed by atoms with E-state index in [4.69, 9.17) is 4.74 Å². The zero-order valence-corrected chi connectivity index (χ0v) is 11.0. The fraction of sp³-hybridized carbons (Fsp3) is 0.533. The maximum Gasteiger partial charge on any atom is 0.153 e.